The van der Waals surface area contributed by atoms with Crippen LogP contribution in [0.4, 0.5) is 20.3 Å². The Hall–Kier alpha value is -2.02. The van der Waals surface area contributed by atoms with Gasteiger partial charge in [-0.1, -0.05) is 17.8 Å². The minimum atomic E-state index is -0.763. The van der Waals surface area contributed by atoms with Gasteiger partial charge in [-0.05, 0) is 18.4 Å². The highest BCUT2D eigenvalue weighted by atomic mass is 32.2. The summed E-state index contributed by atoms with van der Waals surface area (Å²) in [5.41, 5.74) is -0.225. The number of aromatic nitrogens is 2. The van der Waals surface area contributed by atoms with Crippen molar-refractivity contribution in [2.45, 2.75) is 5.16 Å². The zero-order chi connectivity index (χ0) is 13.8. The number of anilines is 2. The number of thioether (sulfide) groups is 1. The Bertz CT molecular complexity index is 602. The quantitative estimate of drug-likeness (QED) is 0.530. The summed E-state index contributed by atoms with van der Waals surface area (Å²) in [7, 11) is 0. The SMILES string of the molecule is CSc1ncc(C=O)c(Nc2c(F)cccc2F)n1. The molecule has 0 unspecified atom stereocenters. The van der Waals surface area contributed by atoms with Crippen LogP contribution in [0.5, 0.6) is 0 Å². The van der Waals surface area contributed by atoms with Crippen molar-refractivity contribution in [2.75, 3.05) is 11.6 Å². The summed E-state index contributed by atoms with van der Waals surface area (Å²) in [4.78, 5) is 18.8. The summed E-state index contributed by atoms with van der Waals surface area (Å²) in [6.07, 6.45) is 3.57. The lowest BCUT2D eigenvalue weighted by Crippen LogP contribution is -2.04. The Morgan fingerprint density at radius 2 is 2.00 bits per heavy atom. The topological polar surface area (TPSA) is 54.9 Å². The molecule has 0 saturated carbocycles. The van der Waals surface area contributed by atoms with E-state index in [9.17, 15) is 13.6 Å². The summed E-state index contributed by atoms with van der Waals surface area (Å²) >= 11 is 1.26. The van der Waals surface area contributed by atoms with E-state index in [1.165, 1.54) is 24.0 Å². The van der Waals surface area contributed by atoms with Crippen LogP contribution in [0.15, 0.2) is 29.6 Å². The van der Waals surface area contributed by atoms with E-state index in [4.69, 9.17) is 0 Å². The van der Waals surface area contributed by atoms with Crippen LogP contribution < -0.4 is 5.32 Å². The molecular formula is C12H9F2N3OS. The molecule has 0 spiro atoms. The Balaban J connectivity index is 2.45. The highest BCUT2D eigenvalue weighted by Gasteiger charge is 2.12. The van der Waals surface area contributed by atoms with E-state index in [-0.39, 0.29) is 17.1 Å². The molecule has 2 aromatic rings. The lowest BCUT2D eigenvalue weighted by Gasteiger charge is -2.10. The first kappa shape index (κ1) is 13.4. The molecule has 4 nitrogen and oxygen atoms in total. The van der Waals surface area contributed by atoms with Crippen molar-refractivity contribution in [1.82, 2.24) is 9.97 Å². The van der Waals surface area contributed by atoms with Gasteiger partial charge in [0, 0.05) is 6.20 Å². The molecule has 0 bridgehead atoms. The molecule has 0 fully saturated rings. The van der Waals surface area contributed by atoms with Crippen LogP contribution in [0.25, 0.3) is 0 Å². The van der Waals surface area contributed by atoms with Gasteiger partial charge in [-0.2, -0.15) is 0 Å². The highest BCUT2D eigenvalue weighted by molar-refractivity contribution is 7.98. The van der Waals surface area contributed by atoms with Gasteiger partial charge in [-0.3, -0.25) is 4.79 Å². The third-order valence-electron chi connectivity index (χ3n) is 2.31. The summed E-state index contributed by atoms with van der Waals surface area (Å²) in [5.74, 6) is -1.46. The van der Waals surface area contributed by atoms with E-state index in [0.717, 1.165) is 12.1 Å². The molecule has 0 radical (unpaired) electrons. The van der Waals surface area contributed by atoms with Crippen molar-refractivity contribution in [1.29, 1.82) is 0 Å². The van der Waals surface area contributed by atoms with E-state index in [1.807, 2.05) is 0 Å². The number of nitrogens with one attached hydrogen (secondary N) is 1. The first-order valence-corrected chi connectivity index (χ1v) is 6.45. The molecule has 1 heterocycles. The Kier molecular flexibility index (Phi) is 4.06. The van der Waals surface area contributed by atoms with Crippen LogP contribution in [0.3, 0.4) is 0 Å². The minimum absolute atomic E-state index is 0.0679. The van der Waals surface area contributed by atoms with Crippen LogP contribution in [0.2, 0.25) is 0 Å². The van der Waals surface area contributed by atoms with Crippen LogP contribution in [-0.4, -0.2) is 22.5 Å². The van der Waals surface area contributed by atoms with Crippen molar-refractivity contribution < 1.29 is 13.6 Å². The van der Waals surface area contributed by atoms with Crippen LogP contribution >= 0.6 is 11.8 Å². The number of nitrogens with zero attached hydrogens (tertiary/aromatic N) is 2. The van der Waals surface area contributed by atoms with Crippen LogP contribution in [-0.2, 0) is 0 Å². The van der Waals surface area contributed by atoms with Gasteiger partial charge in [0.25, 0.3) is 0 Å². The van der Waals surface area contributed by atoms with Crippen molar-refractivity contribution in [3.05, 3.63) is 41.6 Å². The van der Waals surface area contributed by atoms with E-state index >= 15 is 0 Å². The molecule has 0 atom stereocenters. The molecule has 98 valence electrons. The van der Waals surface area contributed by atoms with Crippen molar-refractivity contribution in [3.63, 3.8) is 0 Å². The number of aldehydes is 1. The number of hydrogen-bond acceptors (Lipinski definition) is 5. The summed E-state index contributed by atoms with van der Waals surface area (Å²) < 4.78 is 27.0. The summed E-state index contributed by atoms with van der Waals surface area (Å²) in [6.45, 7) is 0. The summed E-state index contributed by atoms with van der Waals surface area (Å²) in [6, 6.07) is 3.48. The van der Waals surface area contributed by atoms with Crippen molar-refractivity contribution >= 4 is 29.6 Å². The number of rotatable bonds is 4. The number of benzene rings is 1. The average molecular weight is 281 g/mol. The number of carbonyl (C=O) groups is 1. The van der Waals surface area contributed by atoms with Gasteiger partial charge in [-0.25, -0.2) is 18.7 Å². The van der Waals surface area contributed by atoms with E-state index in [1.54, 1.807) is 6.26 Å². The lowest BCUT2D eigenvalue weighted by molar-refractivity contribution is 0.112. The Morgan fingerprint density at radius 1 is 1.32 bits per heavy atom. The zero-order valence-corrected chi connectivity index (χ0v) is 10.7. The lowest BCUT2D eigenvalue weighted by atomic mass is 10.2. The maximum atomic E-state index is 13.5. The van der Waals surface area contributed by atoms with Crippen LogP contribution in [0.1, 0.15) is 10.4 Å². The number of carbonyl (C=O) groups excluding carboxylic acids is 1. The second-order valence-corrected chi connectivity index (χ2v) is 4.27. The highest BCUT2D eigenvalue weighted by Crippen LogP contribution is 2.24. The van der Waals surface area contributed by atoms with Crippen LogP contribution in [0, 0.1) is 11.6 Å². The fourth-order valence-corrected chi connectivity index (χ4v) is 1.74. The van der Waals surface area contributed by atoms with Gasteiger partial charge >= 0.3 is 0 Å². The van der Waals surface area contributed by atoms with Gasteiger partial charge in [-0.15, -0.1) is 0 Å². The first-order chi connectivity index (χ1) is 9.15. The second-order valence-electron chi connectivity index (χ2n) is 3.50. The smallest absolute Gasteiger partial charge is 0.189 e. The third kappa shape index (κ3) is 2.87. The first-order valence-electron chi connectivity index (χ1n) is 5.23. The predicted molar refractivity (Wildman–Crippen MR) is 68.8 cm³/mol. The molecule has 0 aliphatic rings. The molecule has 2 rings (SSSR count). The largest absolute Gasteiger partial charge is 0.335 e. The third-order valence-corrected chi connectivity index (χ3v) is 2.87. The molecule has 0 amide bonds. The molecule has 1 aromatic carbocycles. The monoisotopic (exact) mass is 281 g/mol. The molecule has 0 saturated heterocycles. The molecule has 0 aliphatic heterocycles. The molecule has 1 N–H and O–H groups in total. The normalized spacial score (nSPS) is 10.3. The molecule has 7 heteroatoms. The number of halogens is 2. The van der Waals surface area contributed by atoms with Gasteiger partial charge in [0.15, 0.2) is 11.4 Å². The maximum absolute atomic E-state index is 13.5. The van der Waals surface area contributed by atoms with E-state index in [0.29, 0.717) is 11.4 Å². The number of para-hydroxylation sites is 1. The van der Waals surface area contributed by atoms with Crippen molar-refractivity contribution in [2.24, 2.45) is 0 Å². The second kappa shape index (κ2) is 5.75. The molecule has 0 aliphatic carbocycles. The Morgan fingerprint density at radius 3 is 2.58 bits per heavy atom. The Labute approximate surface area is 112 Å². The zero-order valence-electron chi connectivity index (χ0n) is 9.85. The maximum Gasteiger partial charge on any atom is 0.189 e. The minimum Gasteiger partial charge on any atom is -0.335 e. The summed E-state index contributed by atoms with van der Waals surface area (Å²) in [5, 5.41) is 2.88. The van der Waals surface area contributed by atoms with Crippen molar-refractivity contribution in [3.8, 4) is 0 Å². The van der Waals surface area contributed by atoms with Gasteiger partial charge in [0.2, 0.25) is 0 Å². The van der Waals surface area contributed by atoms with Gasteiger partial charge in [0.05, 0.1) is 5.56 Å². The fourth-order valence-electron chi connectivity index (χ4n) is 1.40. The van der Waals surface area contributed by atoms with Gasteiger partial charge < -0.3 is 5.32 Å². The van der Waals surface area contributed by atoms with Gasteiger partial charge in [0.1, 0.15) is 23.1 Å². The van der Waals surface area contributed by atoms with E-state index in [2.05, 4.69) is 15.3 Å². The molecular weight excluding hydrogens is 272 g/mol. The van der Waals surface area contributed by atoms with E-state index < -0.39 is 11.6 Å². The standard InChI is InChI=1S/C12H9F2N3OS/c1-19-12-15-5-7(6-18)11(17-12)16-10-8(13)3-2-4-9(10)14/h2-6H,1H3,(H,15,16,17). The molecule has 19 heavy (non-hydrogen) atoms. The predicted octanol–water partition coefficient (Wildman–Crippen LogP) is 3.03. The molecule has 1 aromatic heterocycles. The number of hydrogen-bond donors (Lipinski definition) is 1. The average Bonchev–Trinajstić information content (AvgIpc) is 2.42. The fraction of sp³-hybridized carbons (Fsp3) is 0.0833.